The Bertz CT molecular complexity index is 571. The molecule has 1 aliphatic heterocycles. The first-order valence-corrected chi connectivity index (χ1v) is 7.58. The van der Waals surface area contributed by atoms with E-state index in [-0.39, 0.29) is 0 Å². The molecule has 2 heteroatoms. The van der Waals surface area contributed by atoms with Gasteiger partial charge in [0.05, 0.1) is 0 Å². The van der Waals surface area contributed by atoms with Crippen LogP contribution in [-0.2, 0) is 12.8 Å². The molecule has 2 aromatic carbocycles. The second-order valence-electron chi connectivity index (χ2n) is 4.99. The standard InChI is InChI=1S/C18H18ClN/c19-13-5-6-14-20-17-9-3-1-7-15(17)11-12-16-8-2-4-10-18(16)20/h1-10H,11-14H2. The van der Waals surface area contributed by atoms with Crippen LogP contribution in [0, 0.1) is 0 Å². The van der Waals surface area contributed by atoms with Gasteiger partial charge in [0, 0.05) is 23.8 Å². The third-order valence-corrected chi connectivity index (χ3v) is 3.95. The zero-order chi connectivity index (χ0) is 13.8. The van der Waals surface area contributed by atoms with Crippen molar-refractivity contribution in [2.45, 2.75) is 12.8 Å². The average Bonchev–Trinajstić information content (AvgIpc) is 2.66. The van der Waals surface area contributed by atoms with E-state index in [0.717, 1.165) is 19.4 Å². The highest BCUT2D eigenvalue weighted by molar-refractivity contribution is 6.18. The molecule has 102 valence electrons. The molecule has 0 amide bonds. The molecule has 1 nitrogen and oxygen atoms in total. The summed E-state index contributed by atoms with van der Waals surface area (Å²) in [6, 6.07) is 17.4. The first-order valence-electron chi connectivity index (χ1n) is 7.04. The number of allylic oxidation sites excluding steroid dienone is 1. The maximum atomic E-state index is 5.75. The van der Waals surface area contributed by atoms with Gasteiger partial charge in [-0.15, -0.1) is 11.6 Å². The highest BCUT2D eigenvalue weighted by Crippen LogP contribution is 2.35. The Labute approximate surface area is 125 Å². The monoisotopic (exact) mass is 283 g/mol. The lowest BCUT2D eigenvalue weighted by atomic mass is 10.0. The Hall–Kier alpha value is -1.73. The summed E-state index contributed by atoms with van der Waals surface area (Å²) < 4.78 is 0. The van der Waals surface area contributed by atoms with Gasteiger partial charge >= 0.3 is 0 Å². The quantitative estimate of drug-likeness (QED) is 0.582. The zero-order valence-electron chi connectivity index (χ0n) is 11.4. The van der Waals surface area contributed by atoms with Crippen molar-refractivity contribution >= 4 is 23.0 Å². The van der Waals surface area contributed by atoms with Crippen LogP contribution < -0.4 is 4.90 Å². The van der Waals surface area contributed by atoms with Gasteiger partial charge in [-0.25, -0.2) is 0 Å². The second kappa shape index (κ2) is 6.15. The maximum Gasteiger partial charge on any atom is 0.0446 e. The van der Waals surface area contributed by atoms with Crippen molar-refractivity contribution in [1.29, 1.82) is 0 Å². The molecule has 0 N–H and O–H groups in total. The average molecular weight is 284 g/mol. The van der Waals surface area contributed by atoms with E-state index in [4.69, 9.17) is 11.6 Å². The zero-order valence-corrected chi connectivity index (χ0v) is 12.2. The van der Waals surface area contributed by atoms with E-state index < -0.39 is 0 Å². The summed E-state index contributed by atoms with van der Waals surface area (Å²) in [5, 5.41) is 0. The smallest absolute Gasteiger partial charge is 0.0446 e. The van der Waals surface area contributed by atoms with Gasteiger partial charge < -0.3 is 4.90 Å². The molecular formula is C18H18ClN. The molecular weight excluding hydrogens is 266 g/mol. The summed E-state index contributed by atoms with van der Waals surface area (Å²) in [6.45, 7) is 0.862. The molecule has 0 aromatic heterocycles. The molecule has 0 saturated heterocycles. The molecule has 1 aliphatic rings. The first kappa shape index (κ1) is 13.3. The third-order valence-electron chi connectivity index (χ3n) is 3.77. The number of benzene rings is 2. The molecule has 20 heavy (non-hydrogen) atoms. The number of anilines is 2. The molecule has 0 fully saturated rings. The van der Waals surface area contributed by atoms with Crippen molar-refractivity contribution < 1.29 is 0 Å². The number of nitrogens with zero attached hydrogens (tertiary/aromatic N) is 1. The molecule has 3 rings (SSSR count). The minimum Gasteiger partial charge on any atom is -0.337 e. The van der Waals surface area contributed by atoms with Gasteiger partial charge in [0.2, 0.25) is 0 Å². The SMILES string of the molecule is ClCC=CCN1c2ccccc2CCc2ccccc21. The van der Waals surface area contributed by atoms with Gasteiger partial charge in [0.1, 0.15) is 0 Å². The predicted molar refractivity (Wildman–Crippen MR) is 87.2 cm³/mol. The summed E-state index contributed by atoms with van der Waals surface area (Å²) in [5.41, 5.74) is 5.47. The largest absolute Gasteiger partial charge is 0.337 e. The molecule has 0 radical (unpaired) electrons. The van der Waals surface area contributed by atoms with Crippen LogP contribution in [0.25, 0.3) is 0 Å². The van der Waals surface area contributed by atoms with Gasteiger partial charge in [-0.2, -0.15) is 0 Å². The molecule has 0 atom stereocenters. The highest BCUT2D eigenvalue weighted by atomic mass is 35.5. The molecule has 0 saturated carbocycles. The molecule has 1 heterocycles. The number of para-hydroxylation sites is 2. The molecule has 0 aliphatic carbocycles. The lowest BCUT2D eigenvalue weighted by molar-refractivity contribution is 0.977. The van der Waals surface area contributed by atoms with Crippen LogP contribution >= 0.6 is 11.6 Å². The Morgan fingerprint density at radius 1 is 0.850 bits per heavy atom. The second-order valence-corrected chi connectivity index (χ2v) is 5.30. The first-order chi connectivity index (χ1) is 9.90. The van der Waals surface area contributed by atoms with Crippen LogP contribution in [0.15, 0.2) is 60.7 Å². The van der Waals surface area contributed by atoms with Crippen LogP contribution in [0.3, 0.4) is 0 Å². The number of fused-ring (bicyclic) bond motifs is 2. The normalized spacial score (nSPS) is 13.9. The molecule has 0 bridgehead atoms. The van der Waals surface area contributed by atoms with Crippen LogP contribution in [-0.4, -0.2) is 12.4 Å². The van der Waals surface area contributed by atoms with Gasteiger partial charge in [0.15, 0.2) is 0 Å². The fourth-order valence-corrected chi connectivity index (χ4v) is 2.94. The number of rotatable bonds is 3. The highest BCUT2D eigenvalue weighted by Gasteiger charge is 2.18. The van der Waals surface area contributed by atoms with Gasteiger partial charge in [-0.05, 0) is 36.1 Å². The van der Waals surface area contributed by atoms with Crippen LogP contribution in [0.1, 0.15) is 11.1 Å². The van der Waals surface area contributed by atoms with Crippen LogP contribution in [0.2, 0.25) is 0 Å². The minimum atomic E-state index is 0.567. The summed E-state index contributed by atoms with van der Waals surface area (Å²) in [5.74, 6) is 0.567. The Morgan fingerprint density at radius 2 is 1.40 bits per heavy atom. The molecule has 0 unspecified atom stereocenters. The van der Waals surface area contributed by atoms with E-state index in [1.807, 2.05) is 6.08 Å². The maximum absolute atomic E-state index is 5.75. The predicted octanol–water partition coefficient (Wildman–Crippen LogP) is 4.72. The molecule has 0 spiro atoms. The fraction of sp³-hybridized carbons (Fsp3) is 0.222. The Kier molecular flexibility index (Phi) is 4.08. The summed E-state index contributed by atoms with van der Waals surface area (Å²) in [6.07, 6.45) is 6.36. The molecule has 2 aromatic rings. The van der Waals surface area contributed by atoms with Crippen LogP contribution in [0.5, 0.6) is 0 Å². The van der Waals surface area contributed by atoms with Gasteiger partial charge in [0.25, 0.3) is 0 Å². The summed E-state index contributed by atoms with van der Waals surface area (Å²) in [4.78, 5) is 2.39. The van der Waals surface area contributed by atoms with Crippen molar-refractivity contribution in [3.63, 3.8) is 0 Å². The van der Waals surface area contributed by atoms with E-state index in [1.54, 1.807) is 0 Å². The van der Waals surface area contributed by atoms with E-state index >= 15 is 0 Å². The fourth-order valence-electron chi connectivity index (χ4n) is 2.81. The lowest BCUT2D eigenvalue weighted by Crippen LogP contribution is -2.18. The van der Waals surface area contributed by atoms with Crippen molar-refractivity contribution in [3.8, 4) is 0 Å². The Balaban J connectivity index is 2.06. The number of halogens is 1. The summed E-state index contributed by atoms with van der Waals surface area (Å²) in [7, 11) is 0. The van der Waals surface area contributed by atoms with Crippen molar-refractivity contribution in [1.82, 2.24) is 0 Å². The topological polar surface area (TPSA) is 3.24 Å². The summed E-state index contributed by atoms with van der Waals surface area (Å²) >= 11 is 5.75. The van der Waals surface area contributed by atoms with Crippen molar-refractivity contribution in [2.75, 3.05) is 17.3 Å². The third kappa shape index (κ3) is 2.59. The Morgan fingerprint density at radius 3 is 1.95 bits per heavy atom. The van der Waals surface area contributed by atoms with Crippen molar-refractivity contribution in [3.05, 3.63) is 71.8 Å². The van der Waals surface area contributed by atoms with E-state index in [2.05, 4.69) is 59.5 Å². The van der Waals surface area contributed by atoms with E-state index in [0.29, 0.717) is 5.88 Å². The van der Waals surface area contributed by atoms with Crippen molar-refractivity contribution in [2.24, 2.45) is 0 Å². The van der Waals surface area contributed by atoms with Gasteiger partial charge in [-0.3, -0.25) is 0 Å². The number of aryl methyl sites for hydroxylation is 2. The lowest BCUT2D eigenvalue weighted by Gasteiger charge is -2.25. The number of hydrogen-bond donors (Lipinski definition) is 0. The van der Waals surface area contributed by atoms with Gasteiger partial charge in [-0.1, -0.05) is 48.6 Å². The minimum absolute atomic E-state index is 0.567. The van der Waals surface area contributed by atoms with E-state index in [9.17, 15) is 0 Å². The van der Waals surface area contributed by atoms with E-state index in [1.165, 1.54) is 22.5 Å². The number of alkyl halides is 1. The van der Waals surface area contributed by atoms with Crippen LogP contribution in [0.4, 0.5) is 11.4 Å². The number of hydrogen-bond acceptors (Lipinski definition) is 1.